The predicted octanol–water partition coefficient (Wildman–Crippen LogP) is 1.14. The van der Waals surface area contributed by atoms with Crippen molar-refractivity contribution in [2.24, 2.45) is 0 Å². The van der Waals surface area contributed by atoms with E-state index in [1.54, 1.807) is 12.2 Å². The first-order chi connectivity index (χ1) is 7.80. The molecule has 0 fully saturated rings. The molecule has 8 heteroatoms. The molecule has 0 saturated heterocycles. The SMILES string of the molecule is CCCN(CC(=O)OC)C(=O)NCC(F)(F)F. The van der Waals surface area contributed by atoms with Crippen molar-refractivity contribution < 1.29 is 27.5 Å². The zero-order valence-electron chi connectivity index (χ0n) is 9.63. The minimum atomic E-state index is -4.47. The maximum absolute atomic E-state index is 11.9. The van der Waals surface area contributed by atoms with E-state index in [1.807, 2.05) is 0 Å². The normalized spacial score (nSPS) is 10.9. The van der Waals surface area contributed by atoms with E-state index < -0.39 is 24.7 Å². The lowest BCUT2D eigenvalue weighted by Gasteiger charge is -2.21. The van der Waals surface area contributed by atoms with Crippen LogP contribution in [-0.2, 0) is 9.53 Å². The molecule has 0 aromatic carbocycles. The van der Waals surface area contributed by atoms with Crippen LogP contribution >= 0.6 is 0 Å². The largest absolute Gasteiger partial charge is 0.468 e. The molecule has 0 aliphatic heterocycles. The number of urea groups is 1. The summed E-state index contributed by atoms with van der Waals surface area (Å²) < 4.78 is 39.9. The quantitative estimate of drug-likeness (QED) is 0.750. The number of amides is 2. The second-order valence-corrected chi connectivity index (χ2v) is 3.27. The van der Waals surface area contributed by atoms with Crippen LogP contribution < -0.4 is 5.32 Å². The molecule has 0 spiro atoms. The van der Waals surface area contributed by atoms with Gasteiger partial charge < -0.3 is 15.0 Å². The predicted molar refractivity (Wildman–Crippen MR) is 53.3 cm³/mol. The van der Waals surface area contributed by atoms with Crippen molar-refractivity contribution in [3.8, 4) is 0 Å². The number of methoxy groups -OCH3 is 1. The van der Waals surface area contributed by atoms with Crippen molar-refractivity contribution in [1.29, 1.82) is 0 Å². The Morgan fingerprint density at radius 1 is 1.35 bits per heavy atom. The third-order valence-electron chi connectivity index (χ3n) is 1.77. The summed E-state index contributed by atoms with van der Waals surface area (Å²) in [5.74, 6) is -0.680. The number of nitrogens with one attached hydrogen (secondary N) is 1. The second kappa shape index (κ2) is 6.97. The van der Waals surface area contributed by atoms with Crippen molar-refractivity contribution in [1.82, 2.24) is 10.2 Å². The highest BCUT2D eigenvalue weighted by molar-refractivity contribution is 5.80. The van der Waals surface area contributed by atoms with Crippen LogP contribution in [0.4, 0.5) is 18.0 Å². The molecule has 17 heavy (non-hydrogen) atoms. The Morgan fingerprint density at radius 2 is 1.94 bits per heavy atom. The fraction of sp³-hybridized carbons (Fsp3) is 0.778. The van der Waals surface area contributed by atoms with E-state index in [9.17, 15) is 22.8 Å². The van der Waals surface area contributed by atoms with Crippen LogP contribution in [0.1, 0.15) is 13.3 Å². The summed E-state index contributed by atoms with van der Waals surface area (Å²) in [4.78, 5) is 23.2. The average Bonchev–Trinajstić information content (AvgIpc) is 2.24. The van der Waals surface area contributed by atoms with E-state index in [0.29, 0.717) is 6.42 Å². The second-order valence-electron chi connectivity index (χ2n) is 3.27. The topological polar surface area (TPSA) is 58.6 Å². The van der Waals surface area contributed by atoms with Gasteiger partial charge in [0, 0.05) is 6.54 Å². The Kier molecular flexibility index (Phi) is 6.37. The number of ether oxygens (including phenoxy) is 1. The number of carbonyl (C=O) groups is 2. The third kappa shape index (κ3) is 7.42. The molecular weight excluding hydrogens is 241 g/mol. The van der Waals surface area contributed by atoms with E-state index in [0.717, 1.165) is 12.0 Å². The molecule has 5 nitrogen and oxygen atoms in total. The number of alkyl halides is 3. The van der Waals surface area contributed by atoms with Crippen LogP contribution in [0.3, 0.4) is 0 Å². The summed E-state index contributed by atoms with van der Waals surface area (Å²) >= 11 is 0. The van der Waals surface area contributed by atoms with Gasteiger partial charge in [-0.05, 0) is 6.42 Å². The zero-order valence-corrected chi connectivity index (χ0v) is 9.63. The van der Waals surface area contributed by atoms with Crippen molar-refractivity contribution in [3.63, 3.8) is 0 Å². The zero-order chi connectivity index (χ0) is 13.5. The smallest absolute Gasteiger partial charge is 0.405 e. The summed E-state index contributed by atoms with van der Waals surface area (Å²) in [5, 5.41) is 1.69. The molecule has 1 N–H and O–H groups in total. The fourth-order valence-corrected chi connectivity index (χ4v) is 1.03. The van der Waals surface area contributed by atoms with Crippen LogP contribution in [-0.4, -0.2) is 49.8 Å². The molecule has 0 aromatic heterocycles. The molecule has 0 radical (unpaired) electrons. The lowest BCUT2D eigenvalue weighted by Crippen LogP contribution is -2.46. The number of rotatable bonds is 5. The molecule has 0 aromatic rings. The summed E-state index contributed by atoms with van der Waals surface area (Å²) in [6.07, 6.45) is -3.95. The van der Waals surface area contributed by atoms with Gasteiger partial charge in [0.1, 0.15) is 13.1 Å². The van der Waals surface area contributed by atoms with Gasteiger partial charge >= 0.3 is 18.2 Å². The fourth-order valence-electron chi connectivity index (χ4n) is 1.03. The van der Waals surface area contributed by atoms with Gasteiger partial charge in [-0.15, -0.1) is 0 Å². The Hall–Kier alpha value is -1.47. The molecule has 0 rings (SSSR count). The Balaban J connectivity index is 4.29. The number of carbonyl (C=O) groups excluding carboxylic acids is 2. The first kappa shape index (κ1) is 15.5. The first-order valence-electron chi connectivity index (χ1n) is 4.96. The van der Waals surface area contributed by atoms with Crippen LogP contribution in [0.25, 0.3) is 0 Å². The lowest BCUT2D eigenvalue weighted by molar-refractivity contribution is -0.141. The van der Waals surface area contributed by atoms with Gasteiger partial charge in [0.05, 0.1) is 7.11 Å². The van der Waals surface area contributed by atoms with Gasteiger partial charge in [-0.25, -0.2) is 4.79 Å². The van der Waals surface area contributed by atoms with Crippen LogP contribution in [0.15, 0.2) is 0 Å². The lowest BCUT2D eigenvalue weighted by atomic mass is 10.4. The number of hydrogen-bond acceptors (Lipinski definition) is 3. The molecule has 0 saturated carbocycles. The van der Waals surface area contributed by atoms with Gasteiger partial charge in [-0.2, -0.15) is 13.2 Å². The maximum atomic E-state index is 11.9. The van der Waals surface area contributed by atoms with Crippen molar-refractivity contribution in [3.05, 3.63) is 0 Å². The molecule has 0 atom stereocenters. The monoisotopic (exact) mass is 256 g/mol. The van der Waals surface area contributed by atoms with Crippen molar-refractivity contribution >= 4 is 12.0 Å². The number of nitrogens with zero attached hydrogens (tertiary/aromatic N) is 1. The van der Waals surface area contributed by atoms with Crippen LogP contribution in [0.2, 0.25) is 0 Å². The molecule has 2 amide bonds. The number of hydrogen-bond donors (Lipinski definition) is 1. The maximum Gasteiger partial charge on any atom is 0.405 e. The molecule has 0 bridgehead atoms. The van der Waals surface area contributed by atoms with Gasteiger partial charge in [0.2, 0.25) is 0 Å². The van der Waals surface area contributed by atoms with Crippen molar-refractivity contribution in [2.45, 2.75) is 19.5 Å². The minimum absolute atomic E-state index is 0.179. The van der Waals surface area contributed by atoms with E-state index in [-0.39, 0.29) is 13.1 Å². The summed E-state index contributed by atoms with van der Waals surface area (Å²) in [6, 6.07) is -0.936. The van der Waals surface area contributed by atoms with Gasteiger partial charge in [0.25, 0.3) is 0 Å². The standard InChI is InChI=1S/C9H15F3N2O3/c1-3-4-14(5-7(15)17-2)8(16)13-6-9(10,11)12/h3-6H2,1-2H3,(H,13,16). The van der Waals surface area contributed by atoms with E-state index in [2.05, 4.69) is 4.74 Å². The molecular formula is C9H15F3N2O3. The van der Waals surface area contributed by atoms with Gasteiger partial charge in [-0.1, -0.05) is 6.92 Å². The average molecular weight is 256 g/mol. The third-order valence-corrected chi connectivity index (χ3v) is 1.77. The highest BCUT2D eigenvalue weighted by Gasteiger charge is 2.29. The van der Waals surface area contributed by atoms with Crippen molar-refractivity contribution in [2.75, 3.05) is 26.7 Å². The Bertz CT molecular complexity index is 269. The number of esters is 1. The Morgan fingerprint density at radius 3 is 2.35 bits per heavy atom. The molecule has 100 valence electrons. The molecule has 0 heterocycles. The summed E-state index contributed by atoms with van der Waals surface area (Å²) in [5.41, 5.74) is 0. The van der Waals surface area contributed by atoms with Crippen LogP contribution in [0.5, 0.6) is 0 Å². The molecule has 0 aliphatic carbocycles. The molecule has 0 unspecified atom stereocenters. The number of halogens is 3. The van der Waals surface area contributed by atoms with Crippen LogP contribution in [0, 0.1) is 0 Å². The summed E-state index contributed by atoms with van der Waals surface area (Å²) in [6.45, 7) is 0.126. The first-order valence-corrected chi connectivity index (χ1v) is 4.96. The molecule has 0 aliphatic rings. The van der Waals surface area contributed by atoms with E-state index in [4.69, 9.17) is 0 Å². The van der Waals surface area contributed by atoms with E-state index >= 15 is 0 Å². The highest BCUT2D eigenvalue weighted by Crippen LogP contribution is 2.12. The Labute approximate surface area is 96.9 Å². The summed E-state index contributed by atoms with van der Waals surface area (Å²) in [7, 11) is 1.14. The van der Waals surface area contributed by atoms with Gasteiger partial charge in [-0.3, -0.25) is 4.79 Å². The van der Waals surface area contributed by atoms with E-state index in [1.165, 1.54) is 0 Å². The highest BCUT2D eigenvalue weighted by atomic mass is 19.4. The van der Waals surface area contributed by atoms with Gasteiger partial charge in [0.15, 0.2) is 0 Å². The minimum Gasteiger partial charge on any atom is -0.468 e.